The first-order valence-corrected chi connectivity index (χ1v) is 6.70. The molecule has 1 aromatic heterocycles. The van der Waals surface area contributed by atoms with E-state index in [1.165, 1.54) is 6.07 Å². The fourth-order valence-corrected chi connectivity index (χ4v) is 2.68. The Morgan fingerprint density at radius 2 is 2.10 bits per heavy atom. The van der Waals surface area contributed by atoms with Crippen LogP contribution in [0.3, 0.4) is 0 Å². The summed E-state index contributed by atoms with van der Waals surface area (Å²) in [6, 6.07) is 4.89. The van der Waals surface area contributed by atoms with Gasteiger partial charge in [0.2, 0.25) is 0 Å². The van der Waals surface area contributed by atoms with Crippen molar-refractivity contribution in [2.75, 3.05) is 11.4 Å². The number of aromatic nitrogens is 2. The lowest BCUT2D eigenvalue weighted by atomic mass is 10.1. The third-order valence-electron chi connectivity index (χ3n) is 3.96. The molecule has 3 rings (SSSR count). The Morgan fingerprint density at radius 3 is 2.85 bits per heavy atom. The van der Waals surface area contributed by atoms with Gasteiger partial charge in [0.15, 0.2) is 5.82 Å². The lowest BCUT2D eigenvalue weighted by Crippen LogP contribution is -2.20. The van der Waals surface area contributed by atoms with E-state index in [-0.39, 0.29) is 5.82 Å². The second-order valence-corrected chi connectivity index (χ2v) is 5.09. The number of aryl methyl sites for hydroxylation is 1. The van der Waals surface area contributed by atoms with Gasteiger partial charge in [-0.2, -0.15) is 5.10 Å². The molecule has 1 aliphatic heterocycles. The molecular weight excluding hydrogens is 255 g/mol. The molecule has 0 saturated heterocycles. The highest BCUT2D eigenvalue weighted by atomic mass is 19.1. The number of nitrogens with zero attached hydrogens (tertiary/aromatic N) is 3. The molecule has 4 nitrogen and oxygen atoms in total. The largest absolute Gasteiger partial charge is 0.326 e. The van der Waals surface area contributed by atoms with Gasteiger partial charge in [0.25, 0.3) is 0 Å². The summed E-state index contributed by atoms with van der Waals surface area (Å²) < 4.78 is 13.5. The van der Waals surface area contributed by atoms with Gasteiger partial charge in [0.1, 0.15) is 5.82 Å². The average Bonchev–Trinajstić information content (AvgIpc) is 2.84. The summed E-state index contributed by atoms with van der Waals surface area (Å²) in [5.41, 5.74) is 10.8. The van der Waals surface area contributed by atoms with Crippen molar-refractivity contribution >= 4 is 11.5 Å². The van der Waals surface area contributed by atoms with Gasteiger partial charge in [-0.3, -0.25) is 0 Å². The van der Waals surface area contributed by atoms with Crippen LogP contribution < -0.4 is 10.6 Å². The van der Waals surface area contributed by atoms with Crippen molar-refractivity contribution < 1.29 is 4.39 Å². The van der Waals surface area contributed by atoms with Crippen LogP contribution in [0.5, 0.6) is 0 Å². The number of rotatable bonds is 2. The third kappa shape index (κ3) is 1.94. The van der Waals surface area contributed by atoms with E-state index in [1.54, 1.807) is 6.07 Å². The van der Waals surface area contributed by atoms with Crippen molar-refractivity contribution in [2.45, 2.75) is 26.8 Å². The van der Waals surface area contributed by atoms with Crippen molar-refractivity contribution in [3.63, 3.8) is 0 Å². The Bertz CT molecular complexity index is 669. The molecule has 0 unspecified atom stereocenters. The monoisotopic (exact) mass is 272 g/mol. The van der Waals surface area contributed by atoms with Crippen molar-refractivity contribution in [3.8, 4) is 0 Å². The van der Waals surface area contributed by atoms with Gasteiger partial charge in [0, 0.05) is 24.3 Å². The molecule has 5 heteroatoms. The molecule has 1 aromatic carbocycles. The number of fused-ring (bicyclic) bond motifs is 1. The van der Waals surface area contributed by atoms with Gasteiger partial charge in [-0.05, 0) is 43.5 Å². The predicted molar refractivity (Wildman–Crippen MR) is 76.5 cm³/mol. The van der Waals surface area contributed by atoms with Crippen LogP contribution >= 0.6 is 0 Å². The second-order valence-electron chi connectivity index (χ2n) is 5.09. The van der Waals surface area contributed by atoms with Gasteiger partial charge >= 0.3 is 0 Å². The van der Waals surface area contributed by atoms with Crippen LogP contribution in [0.2, 0.25) is 0 Å². The number of benzene rings is 1. The predicted octanol–water partition coefficient (Wildman–Crippen LogP) is 2.39. The number of hydrogen-bond donors (Lipinski definition) is 1. The zero-order chi connectivity index (χ0) is 14.3. The minimum Gasteiger partial charge on any atom is -0.326 e. The summed E-state index contributed by atoms with van der Waals surface area (Å²) in [6.07, 6.45) is 0.883. The quantitative estimate of drug-likeness (QED) is 0.912. The van der Waals surface area contributed by atoms with Gasteiger partial charge in [-0.15, -0.1) is 5.10 Å². The van der Waals surface area contributed by atoms with E-state index in [0.717, 1.165) is 46.9 Å². The molecule has 2 aromatic rings. The van der Waals surface area contributed by atoms with Gasteiger partial charge < -0.3 is 10.6 Å². The summed E-state index contributed by atoms with van der Waals surface area (Å²) in [4.78, 5) is 2.01. The lowest BCUT2D eigenvalue weighted by molar-refractivity contribution is 0.628. The van der Waals surface area contributed by atoms with Crippen LogP contribution in [0.4, 0.5) is 15.9 Å². The first kappa shape index (κ1) is 13.0. The molecule has 0 spiro atoms. The third-order valence-corrected chi connectivity index (χ3v) is 3.96. The number of hydrogen-bond acceptors (Lipinski definition) is 4. The van der Waals surface area contributed by atoms with Crippen LogP contribution in [0.15, 0.2) is 18.2 Å². The molecule has 104 valence electrons. The van der Waals surface area contributed by atoms with E-state index in [1.807, 2.05) is 24.8 Å². The normalized spacial score (nSPS) is 13.7. The zero-order valence-corrected chi connectivity index (χ0v) is 11.7. The Kier molecular flexibility index (Phi) is 3.14. The van der Waals surface area contributed by atoms with Crippen LogP contribution in [0.1, 0.15) is 22.4 Å². The topological polar surface area (TPSA) is 55.0 Å². The molecule has 0 fully saturated rings. The molecule has 0 atom stereocenters. The Morgan fingerprint density at radius 1 is 1.30 bits per heavy atom. The zero-order valence-electron chi connectivity index (χ0n) is 11.7. The van der Waals surface area contributed by atoms with Crippen molar-refractivity contribution in [2.24, 2.45) is 5.73 Å². The van der Waals surface area contributed by atoms with Crippen LogP contribution in [-0.2, 0) is 13.0 Å². The molecule has 0 aliphatic carbocycles. The van der Waals surface area contributed by atoms with E-state index < -0.39 is 0 Å². The lowest BCUT2D eigenvalue weighted by Gasteiger charge is -2.22. The van der Waals surface area contributed by atoms with Crippen LogP contribution in [0, 0.1) is 19.7 Å². The Balaban J connectivity index is 2.13. The van der Waals surface area contributed by atoms with Crippen LogP contribution in [-0.4, -0.2) is 16.7 Å². The summed E-state index contributed by atoms with van der Waals surface area (Å²) in [5, 5.41) is 8.48. The molecule has 1 aliphatic rings. The van der Waals surface area contributed by atoms with Crippen molar-refractivity contribution in [1.29, 1.82) is 0 Å². The first-order chi connectivity index (χ1) is 9.61. The average molecular weight is 272 g/mol. The molecule has 0 radical (unpaired) electrons. The summed E-state index contributed by atoms with van der Waals surface area (Å²) in [5.74, 6) is 0.515. The molecule has 20 heavy (non-hydrogen) atoms. The Hall–Kier alpha value is -2.01. The maximum Gasteiger partial charge on any atom is 0.160 e. The minimum absolute atomic E-state index is 0.234. The molecule has 0 bridgehead atoms. The van der Waals surface area contributed by atoms with Crippen molar-refractivity contribution in [3.05, 3.63) is 46.4 Å². The molecule has 2 heterocycles. The highest BCUT2D eigenvalue weighted by Crippen LogP contribution is 2.36. The fourth-order valence-electron chi connectivity index (χ4n) is 2.68. The van der Waals surface area contributed by atoms with E-state index in [2.05, 4.69) is 10.2 Å². The van der Waals surface area contributed by atoms with Gasteiger partial charge in [-0.1, -0.05) is 6.07 Å². The summed E-state index contributed by atoms with van der Waals surface area (Å²) >= 11 is 0. The number of anilines is 2. The van der Waals surface area contributed by atoms with E-state index >= 15 is 0 Å². The standard InChI is InChI=1S/C15H17FN4/c1-9-10(2)18-19-15(13(9)8-17)20-6-5-11-3-4-12(16)7-14(11)20/h3-4,7H,5-6,8,17H2,1-2H3. The molecule has 0 saturated carbocycles. The summed E-state index contributed by atoms with van der Waals surface area (Å²) in [7, 11) is 0. The Labute approximate surface area is 117 Å². The van der Waals surface area contributed by atoms with E-state index in [4.69, 9.17) is 5.73 Å². The molecule has 2 N–H and O–H groups in total. The molecule has 0 amide bonds. The number of halogens is 1. The van der Waals surface area contributed by atoms with Gasteiger partial charge in [-0.25, -0.2) is 4.39 Å². The van der Waals surface area contributed by atoms with Gasteiger partial charge in [0.05, 0.1) is 5.69 Å². The first-order valence-electron chi connectivity index (χ1n) is 6.70. The fraction of sp³-hybridized carbons (Fsp3) is 0.333. The highest BCUT2D eigenvalue weighted by molar-refractivity contribution is 5.70. The van der Waals surface area contributed by atoms with Crippen molar-refractivity contribution in [1.82, 2.24) is 10.2 Å². The maximum atomic E-state index is 13.5. The minimum atomic E-state index is -0.234. The number of nitrogens with two attached hydrogens (primary N) is 1. The maximum absolute atomic E-state index is 13.5. The van der Waals surface area contributed by atoms with Crippen LogP contribution in [0.25, 0.3) is 0 Å². The smallest absolute Gasteiger partial charge is 0.160 e. The SMILES string of the molecule is Cc1nnc(N2CCc3ccc(F)cc32)c(CN)c1C. The highest BCUT2D eigenvalue weighted by Gasteiger charge is 2.25. The summed E-state index contributed by atoms with van der Waals surface area (Å²) in [6.45, 7) is 5.10. The van der Waals surface area contributed by atoms with E-state index in [9.17, 15) is 4.39 Å². The second kappa shape index (κ2) is 4.83. The molecular formula is C15H17FN4. The van der Waals surface area contributed by atoms with E-state index in [0.29, 0.717) is 6.54 Å².